The van der Waals surface area contributed by atoms with Crippen LogP contribution in [-0.2, 0) is 9.84 Å². The molecule has 162 valence electrons. The van der Waals surface area contributed by atoms with Crippen LogP contribution in [-0.4, -0.2) is 40.3 Å². The van der Waals surface area contributed by atoms with E-state index in [1.54, 1.807) is 23.7 Å². The maximum atomic E-state index is 12.9. The monoisotopic (exact) mass is 479 g/mol. The van der Waals surface area contributed by atoms with E-state index in [9.17, 15) is 13.2 Å². The molecule has 1 amide bonds. The number of hydrogen-bond donors (Lipinski definition) is 1. The quantitative estimate of drug-likeness (QED) is 0.576. The first-order valence-electron chi connectivity index (χ1n) is 9.52. The third-order valence-electron chi connectivity index (χ3n) is 4.82. The topological polar surface area (TPSA) is 107 Å². The van der Waals surface area contributed by atoms with Crippen molar-refractivity contribution >= 4 is 38.9 Å². The van der Waals surface area contributed by atoms with Crippen LogP contribution < -0.4 is 5.32 Å². The van der Waals surface area contributed by atoms with E-state index < -0.39 is 21.8 Å². The molecule has 1 aromatic carbocycles. The Labute approximate surface area is 189 Å². The lowest BCUT2D eigenvalue weighted by molar-refractivity contribution is 0.0937. The van der Waals surface area contributed by atoms with Crippen LogP contribution >= 0.6 is 23.2 Å². The van der Waals surface area contributed by atoms with Crippen molar-refractivity contribution in [3.05, 3.63) is 63.8 Å². The maximum absolute atomic E-state index is 12.9. The van der Waals surface area contributed by atoms with Crippen molar-refractivity contribution in [2.75, 3.05) is 6.26 Å². The number of nitrogens with zero attached hydrogens (tertiary/aromatic N) is 4. The second-order valence-corrected chi connectivity index (χ2v) is 10.4. The summed E-state index contributed by atoms with van der Waals surface area (Å²) in [4.78, 5) is 21.8. The van der Waals surface area contributed by atoms with Gasteiger partial charge >= 0.3 is 0 Å². The first-order chi connectivity index (χ1) is 14.6. The van der Waals surface area contributed by atoms with Gasteiger partial charge in [-0.05, 0) is 50.1 Å². The van der Waals surface area contributed by atoms with Gasteiger partial charge < -0.3 is 5.32 Å². The zero-order valence-corrected chi connectivity index (χ0v) is 19.0. The summed E-state index contributed by atoms with van der Waals surface area (Å²) in [6.07, 6.45) is 4.62. The molecule has 8 nitrogen and oxygen atoms in total. The van der Waals surface area contributed by atoms with E-state index in [1.165, 1.54) is 24.4 Å². The zero-order chi connectivity index (χ0) is 22.3. The van der Waals surface area contributed by atoms with Gasteiger partial charge in [0.25, 0.3) is 5.91 Å². The smallest absolute Gasteiger partial charge is 0.251 e. The highest BCUT2D eigenvalue weighted by molar-refractivity contribution is 7.90. The Kier molecular flexibility index (Phi) is 5.76. The molecular formula is C20H19Cl2N5O3S. The summed E-state index contributed by atoms with van der Waals surface area (Å²) < 4.78 is 25.3. The van der Waals surface area contributed by atoms with Gasteiger partial charge in [-0.15, -0.1) is 5.10 Å². The summed E-state index contributed by atoms with van der Waals surface area (Å²) in [6, 6.07) is 6.91. The molecular weight excluding hydrogens is 461 g/mol. The summed E-state index contributed by atoms with van der Waals surface area (Å²) in [6.45, 7) is 1.77. The van der Waals surface area contributed by atoms with Gasteiger partial charge in [-0.25, -0.2) is 18.4 Å². The Balaban J connectivity index is 1.64. The van der Waals surface area contributed by atoms with Crippen LogP contribution in [0, 0.1) is 0 Å². The Bertz CT molecular complexity index is 1250. The fraction of sp³-hybridized carbons (Fsp3) is 0.300. The predicted molar refractivity (Wildman–Crippen MR) is 117 cm³/mol. The molecule has 1 atom stereocenters. The van der Waals surface area contributed by atoms with Crippen molar-refractivity contribution in [1.82, 2.24) is 25.1 Å². The minimum atomic E-state index is -3.52. The van der Waals surface area contributed by atoms with Crippen molar-refractivity contribution in [1.29, 1.82) is 0 Å². The molecule has 0 bridgehead atoms. The number of carbonyl (C=O) groups is 1. The molecule has 0 saturated heterocycles. The van der Waals surface area contributed by atoms with Crippen molar-refractivity contribution < 1.29 is 13.2 Å². The standard InChI is InChI=1S/C20H19Cl2N5O3S/c1-11(24-20(28)13-7-15(22)9-16(8-13)31(2,29)30)19-25-18(12-3-4-12)26-27(19)17-6-5-14(21)10-23-17/h5-12H,3-4H2,1-2H3,(H,24,28)/t11-/m0/s1. The number of hydrogen-bond acceptors (Lipinski definition) is 6. The highest BCUT2D eigenvalue weighted by Gasteiger charge is 2.31. The lowest BCUT2D eigenvalue weighted by Crippen LogP contribution is -2.29. The number of halogens is 2. The fourth-order valence-corrected chi connectivity index (χ4v) is 4.14. The Morgan fingerprint density at radius 1 is 1.19 bits per heavy atom. The van der Waals surface area contributed by atoms with Gasteiger partial charge in [0.2, 0.25) is 0 Å². The average Bonchev–Trinajstić information content (AvgIpc) is 3.46. The molecule has 0 radical (unpaired) electrons. The van der Waals surface area contributed by atoms with Gasteiger partial charge in [0, 0.05) is 29.0 Å². The molecule has 1 aliphatic carbocycles. The molecule has 1 N–H and O–H groups in total. The van der Waals surface area contributed by atoms with Gasteiger partial charge in [0.15, 0.2) is 27.3 Å². The number of rotatable bonds is 6. The van der Waals surface area contributed by atoms with Gasteiger partial charge in [0.05, 0.1) is 16.0 Å². The summed E-state index contributed by atoms with van der Waals surface area (Å²) in [5.74, 6) is 1.57. The number of sulfone groups is 1. The number of benzene rings is 1. The molecule has 2 heterocycles. The molecule has 1 aliphatic rings. The molecule has 31 heavy (non-hydrogen) atoms. The second kappa shape index (κ2) is 8.22. The molecule has 0 spiro atoms. The first kappa shape index (κ1) is 21.7. The summed E-state index contributed by atoms with van der Waals surface area (Å²) in [5, 5.41) is 8.08. The molecule has 4 rings (SSSR count). The van der Waals surface area contributed by atoms with Crippen molar-refractivity contribution in [3.63, 3.8) is 0 Å². The highest BCUT2D eigenvalue weighted by atomic mass is 35.5. The number of aromatic nitrogens is 4. The van der Waals surface area contributed by atoms with Gasteiger partial charge in [-0.2, -0.15) is 4.68 Å². The Hall–Kier alpha value is -2.49. The van der Waals surface area contributed by atoms with Crippen LogP contribution in [0.1, 0.15) is 53.7 Å². The summed E-state index contributed by atoms with van der Waals surface area (Å²) in [7, 11) is -3.52. The third kappa shape index (κ3) is 4.89. The SMILES string of the molecule is C[C@H](NC(=O)c1cc(Cl)cc(S(C)(=O)=O)c1)c1nc(C2CC2)nn1-c1ccc(Cl)cn1. The number of carbonyl (C=O) groups excluding carboxylic acids is 1. The van der Waals surface area contributed by atoms with E-state index in [0.717, 1.165) is 19.1 Å². The van der Waals surface area contributed by atoms with Crippen molar-refractivity contribution in [3.8, 4) is 5.82 Å². The van der Waals surface area contributed by atoms with Crippen LogP contribution in [0.5, 0.6) is 0 Å². The highest BCUT2D eigenvalue weighted by Crippen LogP contribution is 2.38. The van der Waals surface area contributed by atoms with E-state index in [1.807, 2.05) is 0 Å². The average molecular weight is 480 g/mol. The minimum absolute atomic E-state index is 0.0256. The van der Waals surface area contributed by atoms with Gasteiger partial charge in [-0.1, -0.05) is 23.2 Å². The van der Waals surface area contributed by atoms with E-state index in [4.69, 9.17) is 23.2 Å². The molecule has 3 aromatic rings. The largest absolute Gasteiger partial charge is 0.342 e. The number of pyridine rings is 1. The maximum Gasteiger partial charge on any atom is 0.251 e. The number of nitrogens with one attached hydrogen (secondary N) is 1. The van der Waals surface area contributed by atoms with Crippen molar-refractivity contribution in [2.24, 2.45) is 0 Å². The zero-order valence-electron chi connectivity index (χ0n) is 16.7. The normalized spacial score (nSPS) is 15.0. The molecule has 1 fully saturated rings. The van der Waals surface area contributed by atoms with E-state index in [-0.39, 0.29) is 15.5 Å². The molecule has 0 aliphatic heterocycles. The van der Waals surface area contributed by atoms with Gasteiger partial charge in [0.1, 0.15) is 0 Å². The molecule has 11 heteroatoms. The van der Waals surface area contributed by atoms with Crippen LogP contribution in [0.25, 0.3) is 5.82 Å². The van der Waals surface area contributed by atoms with Crippen LogP contribution in [0.2, 0.25) is 10.0 Å². The third-order valence-corrected chi connectivity index (χ3v) is 6.35. The van der Waals surface area contributed by atoms with Crippen LogP contribution in [0.3, 0.4) is 0 Å². The van der Waals surface area contributed by atoms with E-state index in [0.29, 0.717) is 28.4 Å². The van der Waals surface area contributed by atoms with E-state index >= 15 is 0 Å². The molecule has 0 unspecified atom stereocenters. The second-order valence-electron chi connectivity index (χ2n) is 7.49. The number of amides is 1. The summed E-state index contributed by atoms with van der Waals surface area (Å²) >= 11 is 12.0. The van der Waals surface area contributed by atoms with Crippen molar-refractivity contribution in [2.45, 2.75) is 36.6 Å². The van der Waals surface area contributed by atoms with E-state index in [2.05, 4.69) is 20.4 Å². The van der Waals surface area contributed by atoms with Crippen LogP contribution in [0.15, 0.2) is 41.4 Å². The lowest BCUT2D eigenvalue weighted by Gasteiger charge is -2.15. The predicted octanol–water partition coefficient (Wildman–Crippen LogP) is 3.74. The Morgan fingerprint density at radius 2 is 1.94 bits per heavy atom. The molecule has 1 saturated carbocycles. The first-order valence-corrected chi connectivity index (χ1v) is 12.2. The minimum Gasteiger partial charge on any atom is -0.342 e. The summed E-state index contributed by atoms with van der Waals surface area (Å²) in [5.41, 5.74) is 0.137. The lowest BCUT2D eigenvalue weighted by atomic mass is 10.2. The van der Waals surface area contributed by atoms with Crippen LogP contribution in [0.4, 0.5) is 0 Å². The fourth-order valence-electron chi connectivity index (χ4n) is 3.05. The van der Waals surface area contributed by atoms with Gasteiger partial charge in [-0.3, -0.25) is 4.79 Å². The Morgan fingerprint density at radius 3 is 2.55 bits per heavy atom. The molecule has 2 aromatic heterocycles.